The Morgan fingerprint density at radius 3 is 2.83 bits per heavy atom. The van der Waals surface area contributed by atoms with Crippen LogP contribution in [0.25, 0.3) is 0 Å². The van der Waals surface area contributed by atoms with Gasteiger partial charge in [0.25, 0.3) is 5.91 Å². The van der Waals surface area contributed by atoms with Gasteiger partial charge in [-0.25, -0.2) is 13.8 Å². The Hall–Kier alpha value is -1.99. The number of halogens is 2. The number of pyridine rings is 1. The average molecular weight is 338 g/mol. The first kappa shape index (κ1) is 17.4. The second-order valence-corrected chi connectivity index (χ2v) is 5.97. The van der Waals surface area contributed by atoms with Crippen molar-refractivity contribution < 1.29 is 18.7 Å². The molecule has 2 aromatic rings. The van der Waals surface area contributed by atoms with Crippen molar-refractivity contribution in [2.75, 3.05) is 17.7 Å². The molecule has 0 spiro atoms. The van der Waals surface area contributed by atoms with Gasteiger partial charge in [-0.2, -0.15) is 11.8 Å². The zero-order valence-electron chi connectivity index (χ0n) is 12.5. The number of aliphatic hydroxyl groups excluding tert-OH is 1. The summed E-state index contributed by atoms with van der Waals surface area (Å²) >= 11 is 1.54. The third-order valence-corrected chi connectivity index (χ3v) is 4.07. The molecule has 2 rings (SSSR count). The van der Waals surface area contributed by atoms with Crippen molar-refractivity contribution in [1.82, 2.24) is 4.98 Å². The second-order valence-electron chi connectivity index (χ2n) is 4.86. The lowest BCUT2D eigenvalue weighted by Gasteiger charge is -2.08. The quantitative estimate of drug-likeness (QED) is 0.795. The normalized spacial score (nSPS) is 10.6. The van der Waals surface area contributed by atoms with Crippen LogP contribution in [-0.2, 0) is 5.75 Å². The van der Waals surface area contributed by atoms with Crippen molar-refractivity contribution in [3.8, 4) is 0 Å². The van der Waals surface area contributed by atoms with Gasteiger partial charge in [0.05, 0.1) is 12.2 Å². The van der Waals surface area contributed by atoms with Crippen LogP contribution in [0.4, 0.5) is 14.6 Å². The number of benzene rings is 1. The highest BCUT2D eigenvalue weighted by atomic mass is 32.2. The minimum atomic E-state index is -0.781. The first-order chi connectivity index (χ1) is 11.0. The van der Waals surface area contributed by atoms with E-state index in [9.17, 15) is 13.6 Å². The van der Waals surface area contributed by atoms with Crippen molar-refractivity contribution >= 4 is 23.5 Å². The summed E-state index contributed by atoms with van der Waals surface area (Å²) < 4.78 is 27.3. The van der Waals surface area contributed by atoms with Crippen LogP contribution in [0, 0.1) is 18.6 Å². The Kier molecular flexibility index (Phi) is 6.06. The molecular weight excluding hydrogens is 322 g/mol. The number of aromatic nitrogens is 1. The van der Waals surface area contributed by atoms with Gasteiger partial charge in [0.2, 0.25) is 0 Å². The molecule has 2 N–H and O–H groups in total. The number of carbonyl (C=O) groups is 1. The predicted octanol–water partition coefficient (Wildman–Crippen LogP) is 3.15. The third kappa shape index (κ3) is 4.74. The fourth-order valence-electron chi connectivity index (χ4n) is 1.89. The standard InChI is InChI=1S/C16H16F2N2O2S/c1-10-6-14(18)12(8-13(10)17)16(22)20-15-7-11(2-3-19-15)9-23-5-4-21/h2-3,6-8,21H,4-5,9H2,1H3,(H,19,20,22). The molecule has 0 saturated heterocycles. The number of carbonyl (C=O) groups excluding carboxylic acids is 1. The third-order valence-electron chi connectivity index (χ3n) is 3.06. The number of anilines is 1. The van der Waals surface area contributed by atoms with Crippen molar-refractivity contribution in [3.05, 3.63) is 58.8 Å². The summed E-state index contributed by atoms with van der Waals surface area (Å²) in [6, 6.07) is 5.30. The van der Waals surface area contributed by atoms with Gasteiger partial charge in [0.1, 0.15) is 17.5 Å². The summed E-state index contributed by atoms with van der Waals surface area (Å²) in [5.41, 5.74) is 0.680. The number of rotatable bonds is 6. The topological polar surface area (TPSA) is 62.2 Å². The SMILES string of the molecule is Cc1cc(F)c(C(=O)Nc2cc(CSCCO)ccn2)cc1F. The van der Waals surface area contributed by atoms with E-state index in [0.717, 1.165) is 17.7 Å². The second kappa shape index (κ2) is 8.03. The van der Waals surface area contributed by atoms with Crippen LogP contribution in [0.3, 0.4) is 0 Å². The van der Waals surface area contributed by atoms with Crippen molar-refractivity contribution in [1.29, 1.82) is 0 Å². The molecule has 0 aliphatic carbocycles. The largest absolute Gasteiger partial charge is 0.396 e. The van der Waals surface area contributed by atoms with Crippen LogP contribution in [-0.4, -0.2) is 28.4 Å². The van der Waals surface area contributed by atoms with Gasteiger partial charge in [-0.05, 0) is 42.3 Å². The predicted molar refractivity (Wildman–Crippen MR) is 86.5 cm³/mol. The van der Waals surface area contributed by atoms with Crippen molar-refractivity contribution in [3.63, 3.8) is 0 Å². The van der Waals surface area contributed by atoms with Crippen LogP contribution < -0.4 is 5.32 Å². The molecule has 0 saturated carbocycles. The zero-order chi connectivity index (χ0) is 16.8. The molecule has 0 bridgehead atoms. The maximum absolute atomic E-state index is 13.8. The highest BCUT2D eigenvalue weighted by molar-refractivity contribution is 7.98. The molecule has 0 aliphatic rings. The zero-order valence-corrected chi connectivity index (χ0v) is 13.3. The molecule has 0 fully saturated rings. The number of nitrogens with one attached hydrogen (secondary N) is 1. The van der Waals surface area contributed by atoms with E-state index >= 15 is 0 Å². The maximum atomic E-state index is 13.8. The van der Waals surface area contributed by atoms with E-state index in [1.165, 1.54) is 24.9 Å². The molecule has 1 heterocycles. The van der Waals surface area contributed by atoms with Gasteiger partial charge in [0.15, 0.2) is 0 Å². The number of aryl methyl sites for hydroxylation is 1. The fourth-order valence-corrected chi connectivity index (χ4v) is 2.58. The van der Waals surface area contributed by atoms with E-state index in [1.54, 1.807) is 12.1 Å². The highest BCUT2D eigenvalue weighted by Gasteiger charge is 2.15. The number of thioether (sulfide) groups is 1. The van der Waals surface area contributed by atoms with E-state index < -0.39 is 17.5 Å². The number of amides is 1. The molecule has 1 aromatic heterocycles. The van der Waals surface area contributed by atoms with E-state index in [4.69, 9.17) is 5.11 Å². The summed E-state index contributed by atoms with van der Waals surface area (Å²) in [7, 11) is 0. The van der Waals surface area contributed by atoms with Crippen LogP contribution in [0.2, 0.25) is 0 Å². The molecule has 0 aliphatic heterocycles. The Labute approximate surface area is 136 Å². The monoisotopic (exact) mass is 338 g/mol. The number of hydrogen-bond donors (Lipinski definition) is 2. The molecule has 23 heavy (non-hydrogen) atoms. The molecular formula is C16H16F2N2O2S. The molecule has 1 aromatic carbocycles. The van der Waals surface area contributed by atoms with Crippen LogP contribution in [0.5, 0.6) is 0 Å². The average Bonchev–Trinajstić information content (AvgIpc) is 2.51. The van der Waals surface area contributed by atoms with E-state index in [-0.39, 0.29) is 23.6 Å². The van der Waals surface area contributed by atoms with Gasteiger partial charge in [0, 0.05) is 17.7 Å². The maximum Gasteiger partial charge on any atom is 0.259 e. The van der Waals surface area contributed by atoms with Crippen molar-refractivity contribution in [2.24, 2.45) is 0 Å². The van der Waals surface area contributed by atoms with Gasteiger partial charge >= 0.3 is 0 Å². The summed E-state index contributed by atoms with van der Waals surface area (Å²) in [5, 5.41) is 11.2. The van der Waals surface area contributed by atoms with E-state index in [1.807, 2.05) is 0 Å². The molecule has 4 nitrogen and oxygen atoms in total. The minimum Gasteiger partial charge on any atom is -0.396 e. The lowest BCUT2D eigenvalue weighted by molar-refractivity contribution is 0.102. The molecule has 0 radical (unpaired) electrons. The Morgan fingerprint density at radius 2 is 2.09 bits per heavy atom. The summed E-state index contributed by atoms with van der Waals surface area (Å²) in [6.45, 7) is 1.52. The van der Waals surface area contributed by atoms with Crippen LogP contribution >= 0.6 is 11.8 Å². The van der Waals surface area contributed by atoms with Gasteiger partial charge < -0.3 is 10.4 Å². The molecule has 0 unspecified atom stereocenters. The van der Waals surface area contributed by atoms with Crippen LogP contribution in [0.1, 0.15) is 21.5 Å². The lowest BCUT2D eigenvalue weighted by Crippen LogP contribution is -2.15. The summed E-state index contributed by atoms with van der Waals surface area (Å²) in [6.07, 6.45) is 1.52. The van der Waals surface area contributed by atoms with Gasteiger partial charge in [-0.3, -0.25) is 4.79 Å². The number of hydrogen-bond acceptors (Lipinski definition) is 4. The molecule has 7 heteroatoms. The van der Waals surface area contributed by atoms with E-state index in [2.05, 4.69) is 10.3 Å². The summed E-state index contributed by atoms with van der Waals surface area (Å²) in [5.74, 6) is -0.654. The fraction of sp³-hybridized carbons (Fsp3) is 0.250. The highest BCUT2D eigenvalue weighted by Crippen LogP contribution is 2.17. The summed E-state index contributed by atoms with van der Waals surface area (Å²) in [4.78, 5) is 16.1. The molecule has 1 amide bonds. The van der Waals surface area contributed by atoms with Gasteiger partial charge in [-0.1, -0.05) is 0 Å². The number of nitrogens with zero attached hydrogens (tertiary/aromatic N) is 1. The molecule has 0 atom stereocenters. The Balaban J connectivity index is 2.11. The van der Waals surface area contributed by atoms with Crippen LogP contribution in [0.15, 0.2) is 30.5 Å². The Bertz CT molecular complexity index is 710. The first-order valence-electron chi connectivity index (χ1n) is 6.92. The van der Waals surface area contributed by atoms with Crippen molar-refractivity contribution in [2.45, 2.75) is 12.7 Å². The minimum absolute atomic E-state index is 0.0948. The Morgan fingerprint density at radius 1 is 1.30 bits per heavy atom. The molecule has 122 valence electrons. The van der Waals surface area contributed by atoms with E-state index in [0.29, 0.717) is 11.5 Å². The smallest absolute Gasteiger partial charge is 0.259 e. The lowest BCUT2D eigenvalue weighted by atomic mass is 10.1. The van der Waals surface area contributed by atoms with Gasteiger partial charge in [-0.15, -0.1) is 0 Å². The first-order valence-corrected chi connectivity index (χ1v) is 8.07. The number of aliphatic hydroxyl groups is 1.